The molecule has 0 aliphatic heterocycles. The lowest BCUT2D eigenvalue weighted by atomic mass is 9.32. The zero-order chi connectivity index (χ0) is 27.4. The number of fused-ring (bicyclic) bond motifs is 7. The van der Waals surface area contributed by atoms with Crippen LogP contribution >= 0.6 is 0 Å². The molecule has 0 spiro atoms. The predicted molar refractivity (Wildman–Crippen MR) is 147 cm³/mol. The van der Waals surface area contributed by atoms with Crippen molar-refractivity contribution in [2.24, 2.45) is 56.2 Å². The lowest BCUT2D eigenvalue weighted by Crippen LogP contribution is -2.68. The van der Waals surface area contributed by atoms with Gasteiger partial charge in [0, 0.05) is 12.3 Å². The van der Waals surface area contributed by atoms with Gasteiger partial charge in [-0.15, -0.1) is 0 Å². The van der Waals surface area contributed by atoms with E-state index in [1.807, 2.05) is 0 Å². The molecule has 4 heteroatoms. The van der Waals surface area contributed by atoms with Gasteiger partial charge < -0.3 is 9.84 Å². The summed E-state index contributed by atoms with van der Waals surface area (Å²) in [6, 6.07) is 0. The average molecular weight is 513 g/mol. The molecule has 0 bridgehead atoms. The third kappa shape index (κ3) is 3.51. The largest absolute Gasteiger partial charge is 0.481 e. The molecule has 4 fully saturated rings. The van der Waals surface area contributed by atoms with Crippen LogP contribution in [0.3, 0.4) is 0 Å². The maximum atomic E-state index is 13.7. The number of allylic oxidation sites excluding steroid dienone is 1. The van der Waals surface area contributed by atoms with Crippen LogP contribution in [-0.2, 0) is 14.3 Å². The van der Waals surface area contributed by atoms with Gasteiger partial charge in [0.2, 0.25) is 0 Å². The highest BCUT2D eigenvalue weighted by molar-refractivity contribution is 5.81. The molecular weight excluding hydrogens is 460 g/mol. The molecule has 9 atom stereocenters. The van der Waals surface area contributed by atoms with E-state index in [9.17, 15) is 14.7 Å². The van der Waals surface area contributed by atoms with Crippen molar-refractivity contribution in [1.29, 1.82) is 0 Å². The quantitative estimate of drug-likeness (QED) is 0.300. The van der Waals surface area contributed by atoms with Gasteiger partial charge in [-0.3, -0.25) is 9.59 Å². The van der Waals surface area contributed by atoms with Crippen molar-refractivity contribution in [3.8, 4) is 0 Å². The Morgan fingerprint density at radius 1 is 0.946 bits per heavy atom. The zero-order valence-corrected chi connectivity index (χ0v) is 25.0. The minimum atomic E-state index is -0.771. The lowest BCUT2D eigenvalue weighted by molar-refractivity contribution is -0.234. The van der Waals surface area contributed by atoms with E-state index >= 15 is 0 Å². The first kappa shape index (κ1) is 27.3. The van der Waals surface area contributed by atoms with Crippen LogP contribution in [0.2, 0.25) is 0 Å². The molecule has 3 unspecified atom stereocenters. The number of carbonyl (C=O) groups is 2. The average Bonchev–Trinajstić information content (AvgIpc) is 2.75. The number of hydrogen-bond donors (Lipinski definition) is 1. The minimum Gasteiger partial charge on any atom is -0.481 e. The molecule has 0 saturated heterocycles. The topological polar surface area (TPSA) is 63.6 Å². The summed E-state index contributed by atoms with van der Waals surface area (Å²) in [7, 11) is 0. The number of aliphatic carboxylic acids is 1. The lowest BCUT2D eigenvalue weighted by Gasteiger charge is -2.72. The van der Waals surface area contributed by atoms with Gasteiger partial charge in [0.15, 0.2) is 0 Å². The molecule has 5 aliphatic rings. The van der Waals surface area contributed by atoms with Crippen LogP contribution in [0.15, 0.2) is 11.6 Å². The highest BCUT2D eigenvalue weighted by atomic mass is 16.5. The smallest absolute Gasteiger partial charge is 0.314 e. The van der Waals surface area contributed by atoms with Crippen LogP contribution < -0.4 is 0 Å². The normalized spacial score (nSPS) is 49.9. The summed E-state index contributed by atoms with van der Waals surface area (Å²) in [6.45, 7) is 20.6. The van der Waals surface area contributed by atoms with E-state index in [0.29, 0.717) is 23.7 Å². The Labute approximate surface area is 225 Å². The Morgan fingerprint density at radius 2 is 1.59 bits per heavy atom. The number of carboxylic acid groups (broad SMARTS) is 1. The van der Waals surface area contributed by atoms with Crippen LogP contribution in [-0.4, -0.2) is 23.1 Å². The fourth-order valence-electron chi connectivity index (χ4n) is 11.9. The van der Waals surface area contributed by atoms with Gasteiger partial charge in [0.1, 0.15) is 6.10 Å². The predicted octanol–water partition coefficient (Wildman–Crippen LogP) is 8.05. The molecule has 5 rings (SSSR count). The molecule has 0 radical (unpaired) electrons. The fourth-order valence-corrected chi connectivity index (χ4v) is 11.9. The molecule has 0 aromatic heterocycles. The molecule has 208 valence electrons. The SMILES string of the molecule is CC(=O)O[C@H]1CC[C@@]2(C)C([C@H](C)C[C@]3(C)C2CC=C2C4CC(C)(C)CC[C@]4(C)CC[C@]23C(=O)O)C1(C)C. The molecule has 0 amide bonds. The highest BCUT2D eigenvalue weighted by Gasteiger charge is 2.73. The summed E-state index contributed by atoms with van der Waals surface area (Å²) >= 11 is 0. The third-order valence-electron chi connectivity index (χ3n) is 13.3. The van der Waals surface area contributed by atoms with Crippen molar-refractivity contribution in [3.63, 3.8) is 0 Å². The molecule has 0 heterocycles. The second-order valence-corrected chi connectivity index (χ2v) is 16.3. The van der Waals surface area contributed by atoms with Gasteiger partial charge in [-0.05, 0) is 103 Å². The van der Waals surface area contributed by atoms with Crippen molar-refractivity contribution < 1.29 is 19.4 Å². The summed E-state index contributed by atoms with van der Waals surface area (Å²) in [6.07, 6.45) is 11.5. The van der Waals surface area contributed by atoms with Crippen LogP contribution in [0.5, 0.6) is 0 Å². The first-order valence-corrected chi connectivity index (χ1v) is 15.1. The molecule has 37 heavy (non-hydrogen) atoms. The van der Waals surface area contributed by atoms with Gasteiger partial charge >= 0.3 is 11.9 Å². The Bertz CT molecular complexity index is 1020. The molecule has 5 aliphatic carbocycles. The molecule has 1 N–H and O–H groups in total. The summed E-state index contributed by atoms with van der Waals surface area (Å²) < 4.78 is 5.90. The second kappa shape index (κ2) is 8.10. The number of esters is 1. The number of ether oxygens (including phenoxy) is 1. The standard InChI is InChI=1S/C33H52O4/c1-20-18-32(9)24(31(8)13-12-25(37-21(2)34)29(5,6)26(20)31)11-10-22-23-19-28(3,4)14-15-30(23,7)16-17-33(22,32)27(35)36/h10,20,23-26H,11-19H2,1-9H3,(H,35,36)/t20-,23?,24?,25+,26?,30-,31-,32-,33-/m1/s1. The van der Waals surface area contributed by atoms with E-state index in [4.69, 9.17) is 4.74 Å². The maximum Gasteiger partial charge on any atom is 0.314 e. The van der Waals surface area contributed by atoms with E-state index in [-0.39, 0.29) is 39.1 Å². The molecular formula is C33H52O4. The number of carboxylic acids is 1. The highest BCUT2D eigenvalue weighted by Crippen LogP contribution is 2.76. The van der Waals surface area contributed by atoms with Gasteiger partial charge in [-0.1, -0.05) is 67.0 Å². The first-order chi connectivity index (χ1) is 16.9. The number of hydrogen-bond acceptors (Lipinski definition) is 3. The Balaban J connectivity index is 1.63. The van der Waals surface area contributed by atoms with E-state index in [1.54, 1.807) is 0 Å². The van der Waals surface area contributed by atoms with E-state index < -0.39 is 11.4 Å². The number of rotatable bonds is 2. The zero-order valence-electron chi connectivity index (χ0n) is 25.0. The third-order valence-corrected chi connectivity index (χ3v) is 13.3. The molecule has 0 aromatic carbocycles. The van der Waals surface area contributed by atoms with E-state index in [0.717, 1.165) is 44.9 Å². The van der Waals surface area contributed by atoms with Crippen molar-refractivity contribution in [3.05, 3.63) is 11.6 Å². The second-order valence-electron chi connectivity index (χ2n) is 16.3. The first-order valence-electron chi connectivity index (χ1n) is 15.1. The van der Waals surface area contributed by atoms with Crippen LogP contribution in [0.1, 0.15) is 120 Å². The maximum absolute atomic E-state index is 13.7. The minimum absolute atomic E-state index is 0.0175. The van der Waals surface area contributed by atoms with Gasteiger partial charge in [0.25, 0.3) is 0 Å². The molecule has 4 saturated carbocycles. The number of carbonyl (C=O) groups excluding carboxylic acids is 1. The summed E-state index contributed by atoms with van der Waals surface area (Å²) in [5, 5.41) is 11.2. The van der Waals surface area contributed by atoms with Crippen molar-refractivity contribution >= 4 is 11.9 Å². The fraction of sp³-hybridized carbons (Fsp3) is 0.879. The van der Waals surface area contributed by atoms with Crippen molar-refractivity contribution in [1.82, 2.24) is 0 Å². The molecule has 4 nitrogen and oxygen atoms in total. The summed E-state index contributed by atoms with van der Waals surface area (Å²) in [4.78, 5) is 25.7. The van der Waals surface area contributed by atoms with Crippen LogP contribution in [0.4, 0.5) is 0 Å². The van der Waals surface area contributed by atoms with Crippen LogP contribution in [0, 0.1) is 56.2 Å². The Hall–Kier alpha value is -1.32. The van der Waals surface area contributed by atoms with Crippen molar-refractivity contribution in [2.45, 2.75) is 126 Å². The van der Waals surface area contributed by atoms with Crippen molar-refractivity contribution in [2.75, 3.05) is 0 Å². The van der Waals surface area contributed by atoms with Gasteiger partial charge in [0.05, 0.1) is 5.41 Å². The molecule has 0 aromatic rings. The monoisotopic (exact) mass is 512 g/mol. The van der Waals surface area contributed by atoms with E-state index in [1.165, 1.54) is 25.3 Å². The Morgan fingerprint density at radius 3 is 2.22 bits per heavy atom. The van der Waals surface area contributed by atoms with Gasteiger partial charge in [-0.25, -0.2) is 0 Å². The summed E-state index contributed by atoms with van der Waals surface area (Å²) in [5.74, 6) is 0.686. The van der Waals surface area contributed by atoms with Gasteiger partial charge in [-0.2, -0.15) is 0 Å². The van der Waals surface area contributed by atoms with E-state index in [2.05, 4.69) is 61.5 Å². The van der Waals surface area contributed by atoms with Crippen LogP contribution in [0.25, 0.3) is 0 Å². The summed E-state index contributed by atoms with van der Waals surface area (Å²) in [5.41, 5.74) is 0.609. The Kier molecular flexibility index (Phi) is 5.97.